The molecule has 0 amide bonds. The molecular weight excluding hydrogens is 1070 g/mol. The summed E-state index contributed by atoms with van der Waals surface area (Å²) >= 11 is 0. The Kier molecular flexibility index (Phi) is 12.9. The van der Waals surface area contributed by atoms with Crippen LogP contribution in [-0.4, -0.2) is 19.1 Å². The smallest absolute Gasteiger partial charge is 0.187 e. The van der Waals surface area contributed by atoms with Gasteiger partial charge in [-0.05, 0) is 123 Å². The van der Waals surface area contributed by atoms with E-state index in [1.807, 2.05) is 133 Å². The van der Waals surface area contributed by atoms with Gasteiger partial charge in [-0.15, -0.1) is 0 Å². The average Bonchev–Trinajstić information content (AvgIpc) is 1.59. The molecular formula is C80H46N8. The maximum Gasteiger partial charge on any atom is 0.187 e. The van der Waals surface area contributed by atoms with Crippen LogP contribution in [0, 0.1) is 31.0 Å². The van der Waals surface area contributed by atoms with Gasteiger partial charge in [0.15, 0.2) is 22.9 Å². The topological polar surface area (TPSA) is 72.5 Å². The minimum absolute atomic E-state index is 0.561. The van der Waals surface area contributed by atoms with Crippen molar-refractivity contribution in [2.45, 2.75) is 0 Å². The summed E-state index contributed by atoms with van der Waals surface area (Å²) in [5.74, 6) is 0.561. The largest absolute Gasteiger partial charge is 0.309 e. The first kappa shape index (κ1) is 52.1. The third-order valence-electron chi connectivity index (χ3n) is 16.7. The Morgan fingerprint density at radius 3 is 1.05 bits per heavy atom. The van der Waals surface area contributed by atoms with E-state index in [1.54, 1.807) is 0 Å². The van der Waals surface area contributed by atoms with Crippen molar-refractivity contribution in [2.75, 3.05) is 0 Å². The second-order valence-electron chi connectivity index (χ2n) is 21.7. The van der Waals surface area contributed by atoms with E-state index in [2.05, 4.69) is 175 Å². The van der Waals surface area contributed by atoms with Crippen LogP contribution in [0.3, 0.4) is 0 Å². The third kappa shape index (κ3) is 9.17. The second kappa shape index (κ2) is 21.8. The molecule has 0 aliphatic rings. The Hall–Kier alpha value is -12.7. The lowest BCUT2D eigenvalue weighted by molar-refractivity contribution is 1.15. The molecule has 12 aromatic carbocycles. The molecule has 8 nitrogen and oxygen atoms in total. The minimum atomic E-state index is 0.561. The molecule has 406 valence electrons. The van der Waals surface area contributed by atoms with Crippen molar-refractivity contribution in [3.8, 4) is 107 Å². The van der Waals surface area contributed by atoms with Crippen LogP contribution >= 0.6 is 0 Å². The van der Waals surface area contributed by atoms with Crippen molar-refractivity contribution in [3.63, 3.8) is 0 Å². The minimum Gasteiger partial charge on any atom is -0.309 e. The Bertz CT molecular complexity index is 5150. The van der Waals surface area contributed by atoms with Gasteiger partial charge < -0.3 is 9.13 Å². The molecule has 3 aromatic heterocycles. The lowest BCUT2D eigenvalue weighted by Crippen LogP contribution is -2.04. The molecule has 0 saturated heterocycles. The van der Waals surface area contributed by atoms with E-state index in [-0.39, 0.29) is 0 Å². The van der Waals surface area contributed by atoms with Gasteiger partial charge in [-0.1, -0.05) is 200 Å². The van der Waals surface area contributed by atoms with Gasteiger partial charge in [0.05, 0.1) is 76.2 Å². The summed E-state index contributed by atoms with van der Waals surface area (Å²) in [5, 5.41) is 13.9. The molecule has 8 heteroatoms. The molecule has 3 heterocycles. The third-order valence-corrected chi connectivity index (χ3v) is 16.7. The molecule has 0 radical (unpaired) electrons. The Labute approximate surface area is 508 Å². The van der Waals surface area contributed by atoms with Gasteiger partial charge in [-0.25, -0.2) is 24.5 Å². The molecule has 15 aromatic rings. The van der Waals surface area contributed by atoms with Gasteiger partial charge in [0.2, 0.25) is 0 Å². The summed E-state index contributed by atoms with van der Waals surface area (Å²) in [6.07, 6.45) is 0. The van der Waals surface area contributed by atoms with Crippen LogP contribution in [0.25, 0.3) is 159 Å². The van der Waals surface area contributed by atoms with Crippen molar-refractivity contribution < 1.29 is 0 Å². The van der Waals surface area contributed by atoms with Gasteiger partial charge in [0.1, 0.15) is 0 Å². The molecule has 0 atom stereocenters. The fourth-order valence-electron chi connectivity index (χ4n) is 12.4. The fourth-order valence-corrected chi connectivity index (χ4v) is 12.4. The van der Waals surface area contributed by atoms with Crippen LogP contribution in [0.2, 0.25) is 0 Å². The number of nitrogens with zero attached hydrogens (tertiary/aromatic N) is 8. The van der Waals surface area contributed by atoms with Gasteiger partial charge in [-0.3, -0.25) is 0 Å². The molecule has 0 fully saturated rings. The fraction of sp³-hybridized carbons (Fsp3) is 0. The van der Waals surface area contributed by atoms with E-state index >= 15 is 0 Å². The summed E-state index contributed by atoms with van der Waals surface area (Å²) in [5.41, 5.74) is 22.5. The molecule has 0 bridgehead atoms. The van der Waals surface area contributed by atoms with E-state index in [0.29, 0.717) is 28.5 Å². The number of para-hydroxylation sites is 1. The van der Waals surface area contributed by atoms with Crippen LogP contribution in [0.4, 0.5) is 17.1 Å². The number of benzene rings is 12. The number of nitriles is 1. The average molecular weight is 1120 g/mol. The summed E-state index contributed by atoms with van der Waals surface area (Å²) < 4.78 is 4.77. The summed E-state index contributed by atoms with van der Waals surface area (Å²) in [7, 11) is 0. The van der Waals surface area contributed by atoms with Crippen LogP contribution in [0.15, 0.2) is 279 Å². The Morgan fingerprint density at radius 1 is 0.307 bits per heavy atom. The highest BCUT2D eigenvalue weighted by molar-refractivity contribution is 6.14. The number of rotatable bonds is 10. The first-order valence-corrected chi connectivity index (χ1v) is 28.8. The number of hydrogen-bond acceptors (Lipinski definition) is 3. The first-order chi connectivity index (χ1) is 43.4. The van der Waals surface area contributed by atoms with E-state index in [1.165, 1.54) is 0 Å². The van der Waals surface area contributed by atoms with Gasteiger partial charge in [0.25, 0.3) is 0 Å². The zero-order chi connectivity index (χ0) is 59.2. The zero-order valence-electron chi connectivity index (χ0n) is 47.1. The SMILES string of the molecule is [C-]#[N+]c1ccc(-c2ccc3c(c2)c2cc(-c4ccc([N+]#[C-])cc4)ccc2n3-c2ccccc2-c2c(-c3nc(-c4ccccc4)cc(-c4ccccc4)n3)cccc2-n2c3ccc(-c4ccc(C#N)cc4)cc3c3cc(-c4ccc([N+]#[C-])cc4)ccc32)cc1. The number of hydrogen-bond donors (Lipinski definition) is 0. The van der Waals surface area contributed by atoms with E-state index in [4.69, 9.17) is 29.7 Å². The highest BCUT2D eigenvalue weighted by Crippen LogP contribution is 2.47. The zero-order valence-corrected chi connectivity index (χ0v) is 47.1. The maximum atomic E-state index is 9.75. The Morgan fingerprint density at radius 2 is 0.648 bits per heavy atom. The molecule has 0 aliphatic heterocycles. The van der Waals surface area contributed by atoms with Crippen LogP contribution in [0.5, 0.6) is 0 Å². The van der Waals surface area contributed by atoms with E-state index in [0.717, 1.165) is 139 Å². The van der Waals surface area contributed by atoms with Gasteiger partial charge in [-0.2, -0.15) is 5.26 Å². The molecule has 0 aliphatic carbocycles. The molecule has 88 heavy (non-hydrogen) atoms. The van der Waals surface area contributed by atoms with Crippen LogP contribution < -0.4 is 0 Å². The van der Waals surface area contributed by atoms with Crippen molar-refractivity contribution in [1.29, 1.82) is 5.26 Å². The van der Waals surface area contributed by atoms with E-state index in [9.17, 15) is 5.26 Å². The molecule has 15 rings (SSSR count). The summed E-state index contributed by atoms with van der Waals surface area (Å²) in [6, 6.07) is 97.7. The van der Waals surface area contributed by atoms with Crippen molar-refractivity contribution >= 4 is 60.7 Å². The highest BCUT2D eigenvalue weighted by atomic mass is 15.0. The van der Waals surface area contributed by atoms with Crippen molar-refractivity contribution in [2.24, 2.45) is 0 Å². The van der Waals surface area contributed by atoms with Crippen molar-refractivity contribution in [3.05, 3.63) is 319 Å². The quantitative estimate of drug-likeness (QED) is 0.128. The highest BCUT2D eigenvalue weighted by Gasteiger charge is 2.26. The predicted octanol–water partition coefficient (Wildman–Crippen LogP) is 21.5. The van der Waals surface area contributed by atoms with Crippen molar-refractivity contribution in [1.82, 2.24) is 19.1 Å². The number of fused-ring (bicyclic) bond motifs is 6. The standard InChI is InChI=1S/C80H46N8/c1-82-62-35-25-53(26-36-62)59-31-41-74-67(46-59)68-47-60(54-27-37-63(83-2)38-28-54)32-42-75(68)87(74)73-19-11-10-17-65(73)79-66(80-85-71(56-13-6-4-7-14-56)49-72(86-80)57-15-8-5-9-16-57)18-12-20-78(79)88-76-43-33-58(52-23-21-51(50-81)22-24-52)45-69(76)70-48-61(34-44-77(70)88)55-29-39-64(84-3)40-30-55/h4-49H. The number of aromatic nitrogens is 4. The van der Waals surface area contributed by atoms with Gasteiger partial charge in [0, 0.05) is 49.4 Å². The molecule has 0 N–H and O–H groups in total. The lowest BCUT2D eigenvalue weighted by atomic mass is 9.94. The van der Waals surface area contributed by atoms with Crippen LogP contribution in [-0.2, 0) is 0 Å². The summed E-state index contributed by atoms with van der Waals surface area (Å²) in [6.45, 7) is 23.0. The predicted molar refractivity (Wildman–Crippen MR) is 358 cm³/mol. The van der Waals surface area contributed by atoms with E-state index < -0.39 is 0 Å². The molecule has 0 saturated carbocycles. The molecule has 0 unspecified atom stereocenters. The Balaban J connectivity index is 1.04. The monoisotopic (exact) mass is 1120 g/mol. The van der Waals surface area contributed by atoms with Gasteiger partial charge >= 0.3 is 0 Å². The summed E-state index contributed by atoms with van der Waals surface area (Å²) in [4.78, 5) is 22.1. The first-order valence-electron chi connectivity index (χ1n) is 28.8. The van der Waals surface area contributed by atoms with Crippen LogP contribution in [0.1, 0.15) is 5.56 Å². The second-order valence-corrected chi connectivity index (χ2v) is 21.7. The normalized spacial score (nSPS) is 11.1. The maximum absolute atomic E-state index is 9.75. The molecule has 0 spiro atoms. The lowest BCUT2D eigenvalue weighted by Gasteiger charge is -2.21.